The van der Waals surface area contributed by atoms with E-state index in [-0.39, 0.29) is 35.2 Å². The summed E-state index contributed by atoms with van der Waals surface area (Å²) in [5.41, 5.74) is 0.733. The number of methoxy groups -OCH3 is 1. The second-order valence-corrected chi connectivity index (χ2v) is 7.41. The lowest BCUT2D eigenvalue weighted by Gasteiger charge is -2.12. The molecule has 0 radical (unpaired) electrons. The van der Waals surface area contributed by atoms with E-state index in [4.69, 9.17) is 16.3 Å². The Hall–Kier alpha value is -2.91. The van der Waals surface area contributed by atoms with Crippen LogP contribution in [0.1, 0.15) is 11.1 Å². The summed E-state index contributed by atoms with van der Waals surface area (Å²) in [6.07, 6.45) is 1.43. The van der Waals surface area contributed by atoms with Gasteiger partial charge in [0.25, 0.3) is 5.91 Å². The molecule has 1 aliphatic heterocycles. The topological polar surface area (TPSA) is 84.9 Å². The average molecular weight is 498 g/mol. The van der Waals surface area contributed by atoms with Crippen LogP contribution in [0.3, 0.4) is 0 Å². The summed E-state index contributed by atoms with van der Waals surface area (Å²) in [5.74, 6) is -1.44. The third-order valence-electron chi connectivity index (χ3n) is 4.14. The van der Waals surface area contributed by atoms with Crippen LogP contribution in [0.15, 0.2) is 46.6 Å². The van der Waals surface area contributed by atoms with Gasteiger partial charge < -0.3 is 14.8 Å². The number of carbonyl (C=O) groups is 3. The minimum absolute atomic E-state index is 0.0162. The van der Waals surface area contributed by atoms with E-state index in [0.717, 1.165) is 4.90 Å². The molecule has 1 aliphatic rings. The first-order valence-corrected chi connectivity index (χ1v) is 9.74. The summed E-state index contributed by atoms with van der Waals surface area (Å²) >= 11 is 9.50. The smallest absolute Gasteiger partial charge is 0.343 e. The third-order valence-corrected chi connectivity index (χ3v) is 5.01. The van der Waals surface area contributed by atoms with E-state index in [0.29, 0.717) is 10.0 Å². The number of amides is 3. The predicted octanol–water partition coefficient (Wildman–Crippen LogP) is 3.89. The van der Waals surface area contributed by atoms with E-state index in [2.05, 4.69) is 26.0 Å². The molecule has 0 aliphatic carbocycles. The van der Waals surface area contributed by atoms with Gasteiger partial charge in [0, 0.05) is 5.56 Å². The Morgan fingerprint density at radius 1 is 1.30 bits per heavy atom. The summed E-state index contributed by atoms with van der Waals surface area (Å²) in [7, 11) is 1.24. The van der Waals surface area contributed by atoms with Crippen LogP contribution in [0.2, 0.25) is 5.02 Å². The van der Waals surface area contributed by atoms with E-state index < -0.39 is 23.7 Å². The van der Waals surface area contributed by atoms with E-state index in [1.54, 1.807) is 12.1 Å². The van der Waals surface area contributed by atoms with Crippen molar-refractivity contribution in [1.82, 2.24) is 10.2 Å². The van der Waals surface area contributed by atoms with Crippen LogP contribution in [0, 0.1) is 5.82 Å². The molecule has 0 unspecified atom stereocenters. The molecule has 0 bridgehead atoms. The fraction of sp³-hybridized carbons (Fsp3) is 0.150. The SMILES string of the molecule is COC(=O)COc1c(Cl)cc(/C=C2/NC(=O)N(Cc3ccccc3F)C2=O)cc1Br. The van der Waals surface area contributed by atoms with E-state index in [1.165, 1.54) is 37.5 Å². The van der Waals surface area contributed by atoms with Crippen LogP contribution in [-0.2, 0) is 20.9 Å². The van der Waals surface area contributed by atoms with Gasteiger partial charge in [-0.05, 0) is 45.8 Å². The minimum Gasteiger partial charge on any atom is -0.479 e. The first kappa shape index (κ1) is 21.8. The lowest BCUT2D eigenvalue weighted by molar-refractivity contribution is -0.142. The molecule has 7 nitrogen and oxygen atoms in total. The highest BCUT2D eigenvalue weighted by Crippen LogP contribution is 2.35. The molecular weight excluding hydrogens is 483 g/mol. The molecule has 1 N–H and O–H groups in total. The quantitative estimate of drug-likeness (QED) is 0.372. The highest BCUT2D eigenvalue weighted by molar-refractivity contribution is 9.10. The van der Waals surface area contributed by atoms with Crippen LogP contribution < -0.4 is 10.1 Å². The van der Waals surface area contributed by atoms with Gasteiger partial charge in [-0.15, -0.1) is 0 Å². The molecule has 30 heavy (non-hydrogen) atoms. The van der Waals surface area contributed by atoms with Gasteiger partial charge in [0.2, 0.25) is 0 Å². The van der Waals surface area contributed by atoms with E-state index >= 15 is 0 Å². The standard InChI is InChI=1S/C20H15BrClFN2O5/c1-29-17(26)10-30-18-13(21)6-11(7-14(18)22)8-16-19(27)25(20(28)24-16)9-12-4-2-3-5-15(12)23/h2-8H,9-10H2,1H3,(H,24,28)/b16-8+. The van der Waals surface area contributed by atoms with Crippen molar-refractivity contribution in [1.29, 1.82) is 0 Å². The lowest BCUT2D eigenvalue weighted by Crippen LogP contribution is -2.30. The zero-order valence-electron chi connectivity index (χ0n) is 15.6. The summed E-state index contributed by atoms with van der Waals surface area (Å²) in [4.78, 5) is 37.0. The number of urea groups is 1. The summed E-state index contributed by atoms with van der Waals surface area (Å²) < 4.78 is 24.1. The Morgan fingerprint density at radius 2 is 2.03 bits per heavy atom. The Bertz CT molecular complexity index is 1040. The Labute approximate surface area is 184 Å². The number of rotatable bonds is 6. The van der Waals surface area contributed by atoms with Crippen molar-refractivity contribution in [3.8, 4) is 5.75 Å². The van der Waals surface area contributed by atoms with Crippen LogP contribution in [-0.4, -0.2) is 36.5 Å². The van der Waals surface area contributed by atoms with Gasteiger partial charge in [-0.2, -0.15) is 0 Å². The number of carbonyl (C=O) groups excluding carboxylic acids is 3. The fourth-order valence-corrected chi connectivity index (χ4v) is 3.66. The van der Waals surface area contributed by atoms with Gasteiger partial charge >= 0.3 is 12.0 Å². The molecule has 2 aromatic carbocycles. The molecule has 0 saturated carbocycles. The van der Waals surface area contributed by atoms with Crippen LogP contribution in [0.4, 0.5) is 9.18 Å². The number of hydrogen-bond donors (Lipinski definition) is 1. The van der Waals surface area contributed by atoms with Gasteiger partial charge in [-0.1, -0.05) is 29.8 Å². The number of nitrogens with zero attached hydrogens (tertiary/aromatic N) is 1. The van der Waals surface area contributed by atoms with Crippen LogP contribution in [0.25, 0.3) is 6.08 Å². The first-order valence-electron chi connectivity index (χ1n) is 8.56. The number of imide groups is 1. The first-order chi connectivity index (χ1) is 14.3. The maximum Gasteiger partial charge on any atom is 0.343 e. The largest absolute Gasteiger partial charge is 0.479 e. The van der Waals surface area contributed by atoms with Crippen LogP contribution >= 0.6 is 27.5 Å². The maximum atomic E-state index is 13.9. The van der Waals surface area contributed by atoms with Gasteiger partial charge in [-0.3, -0.25) is 9.69 Å². The molecule has 0 atom stereocenters. The van der Waals surface area contributed by atoms with Gasteiger partial charge in [0.15, 0.2) is 12.4 Å². The fourth-order valence-electron chi connectivity index (χ4n) is 2.67. The Kier molecular flexibility index (Phi) is 6.73. The number of benzene rings is 2. The monoisotopic (exact) mass is 496 g/mol. The second kappa shape index (κ2) is 9.27. The number of nitrogens with one attached hydrogen (secondary N) is 1. The molecule has 1 saturated heterocycles. The number of esters is 1. The molecule has 3 rings (SSSR count). The van der Waals surface area contributed by atoms with Crippen molar-refractivity contribution < 1.29 is 28.2 Å². The Morgan fingerprint density at radius 3 is 2.70 bits per heavy atom. The molecule has 156 valence electrons. The predicted molar refractivity (Wildman–Crippen MR) is 110 cm³/mol. The van der Waals surface area contributed by atoms with Crippen molar-refractivity contribution in [2.75, 3.05) is 13.7 Å². The number of halogens is 3. The second-order valence-electron chi connectivity index (χ2n) is 6.15. The molecule has 10 heteroatoms. The zero-order valence-corrected chi connectivity index (χ0v) is 17.9. The lowest BCUT2D eigenvalue weighted by atomic mass is 10.1. The van der Waals surface area contributed by atoms with Gasteiger partial charge in [0.1, 0.15) is 11.5 Å². The van der Waals surface area contributed by atoms with Gasteiger partial charge in [0.05, 0.1) is 23.1 Å². The normalized spacial score (nSPS) is 14.8. The van der Waals surface area contributed by atoms with Gasteiger partial charge in [-0.25, -0.2) is 14.0 Å². The number of hydrogen-bond acceptors (Lipinski definition) is 5. The van der Waals surface area contributed by atoms with Crippen molar-refractivity contribution in [2.24, 2.45) is 0 Å². The van der Waals surface area contributed by atoms with Crippen molar-refractivity contribution in [3.05, 3.63) is 68.5 Å². The van der Waals surface area contributed by atoms with Crippen molar-refractivity contribution >= 4 is 51.5 Å². The molecule has 1 fully saturated rings. The highest BCUT2D eigenvalue weighted by Gasteiger charge is 2.34. The van der Waals surface area contributed by atoms with Crippen molar-refractivity contribution in [2.45, 2.75) is 6.54 Å². The third kappa shape index (κ3) is 4.80. The minimum atomic E-state index is -0.655. The molecule has 3 amide bonds. The highest BCUT2D eigenvalue weighted by atomic mass is 79.9. The van der Waals surface area contributed by atoms with Crippen molar-refractivity contribution in [3.63, 3.8) is 0 Å². The van der Waals surface area contributed by atoms with E-state index in [9.17, 15) is 18.8 Å². The molecule has 2 aromatic rings. The molecule has 0 spiro atoms. The summed E-state index contributed by atoms with van der Waals surface area (Å²) in [5, 5.41) is 2.65. The Balaban J connectivity index is 1.80. The molecule has 0 aromatic heterocycles. The maximum absolute atomic E-state index is 13.9. The van der Waals surface area contributed by atoms with E-state index in [1.807, 2.05) is 0 Å². The summed E-state index contributed by atoms with van der Waals surface area (Å²) in [6.45, 7) is -0.520. The average Bonchev–Trinajstić information content (AvgIpc) is 2.96. The number of ether oxygens (including phenoxy) is 2. The van der Waals surface area contributed by atoms with Crippen LogP contribution in [0.5, 0.6) is 5.75 Å². The molecule has 1 heterocycles. The molecular formula is C20H15BrClFN2O5. The zero-order chi connectivity index (χ0) is 21.8. The summed E-state index contributed by atoms with van der Waals surface area (Å²) in [6, 6.07) is 8.36.